The third-order valence-electron chi connectivity index (χ3n) is 3.67. The van der Waals surface area contributed by atoms with E-state index in [0.717, 1.165) is 38.5 Å². The van der Waals surface area contributed by atoms with Gasteiger partial charge in [0.1, 0.15) is 5.82 Å². The van der Waals surface area contributed by atoms with Gasteiger partial charge in [-0.3, -0.25) is 0 Å². The van der Waals surface area contributed by atoms with Crippen molar-refractivity contribution in [1.29, 1.82) is 0 Å². The maximum absolute atomic E-state index is 12.7. The second-order valence-electron chi connectivity index (χ2n) is 4.90. The van der Waals surface area contributed by atoms with Crippen LogP contribution in [0.5, 0.6) is 0 Å². The molecule has 1 saturated heterocycles. The van der Waals surface area contributed by atoms with Crippen LogP contribution in [0.15, 0.2) is 24.3 Å². The summed E-state index contributed by atoms with van der Waals surface area (Å²) < 4.78 is 12.7. The predicted octanol–water partition coefficient (Wildman–Crippen LogP) is 2.46. The van der Waals surface area contributed by atoms with E-state index in [1.165, 1.54) is 30.5 Å². The molecule has 2 N–H and O–H groups in total. The monoisotopic (exact) mass is 272 g/mol. The number of halogens is 2. The Hall–Kier alpha value is -0.640. The third-order valence-corrected chi connectivity index (χ3v) is 3.67. The molecule has 1 aromatic rings. The van der Waals surface area contributed by atoms with Crippen LogP contribution in [0.2, 0.25) is 0 Å². The number of nitrogens with zero attached hydrogens (tertiary/aromatic N) is 1. The van der Waals surface area contributed by atoms with Crippen LogP contribution >= 0.6 is 12.4 Å². The summed E-state index contributed by atoms with van der Waals surface area (Å²) in [5, 5.41) is 0. The van der Waals surface area contributed by atoms with E-state index in [1.54, 1.807) is 0 Å². The van der Waals surface area contributed by atoms with E-state index >= 15 is 0 Å². The number of benzene rings is 1. The lowest BCUT2D eigenvalue weighted by atomic mass is 9.97. The van der Waals surface area contributed by atoms with Crippen LogP contribution in [0.1, 0.15) is 18.4 Å². The molecule has 0 unspecified atom stereocenters. The Balaban J connectivity index is 0.00000162. The molecule has 0 bridgehead atoms. The van der Waals surface area contributed by atoms with E-state index in [-0.39, 0.29) is 18.2 Å². The molecular weight excluding hydrogens is 251 g/mol. The maximum Gasteiger partial charge on any atom is 0.123 e. The number of nitrogens with two attached hydrogens (primary N) is 1. The van der Waals surface area contributed by atoms with E-state index < -0.39 is 0 Å². The SMILES string of the molecule is Cl.NCC1CCN(CCc2ccc(F)cc2)CC1. The minimum atomic E-state index is -0.155. The molecule has 1 aliphatic heterocycles. The summed E-state index contributed by atoms with van der Waals surface area (Å²) in [6.45, 7) is 4.21. The molecule has 102 valence electrons. The van der Waals surface area contributed by atoms with E-state index in [1.807, 2.05) is 12.1 Å². The van der Waals surface area contributed by atoms with Crippen molar-refractivity contribution in [1.82, 2.24) is 4.90 Å². The van der Waals surface area contributed by atoms with Crippen LogP contribution in [-0.4, -0.2) is 31.1 Å². The molecule has 0 spiro atoms. The van der Waals surface area contributed by atoms with Crippen LogP contribution < -0.4 is 5.73 Å². The van der Waals surface area contributed by atoms with Gasteiger partial charge in [-0.1, -0.05) is 12.1 Å². The topological polar surface area (TPSA) is 29.3 Å². The summed E-state index contributed by atoms with van der Waals surface area (Å²) >= 11 is 0. The van der Waals surface area contributed by atoms with Gasteiger partial charge in [0.15, 0.2) is 0 Å². The van der Waals surface area contributed by atoms with Crippen molar-refractivity contribution < 1.29 is 4.39 Å². The van der Waals surface area contributed by atoms with E-state index in [4.69, 9.17) is 5.73 Å². The van der Waals surface area contributed by atoms with Crippen molar-refractivity contribution in [3.8, 4) is 0 Å². The molecule has 0 atom stereocenters. The van der Waals surface area contributed by atoms with Crippen molar-refractivity contribution in [3.63, 3.8) is 0 Å². The first-order valence-electron chi connectivity index (χ1n) is 6.45. The molecule has 1 aliphatic rings. The Labute approximate surface area is 115 Å². The van der Waals surface area contributed by atoms with Gasteiger partial charge in [0.25, 0.3) is 0 Å². The minimum absolute atomic E-state index is 0. The number of hydrogen-bond donors (Lipinski definition) is 1. The van der Waals surface area contributed by atoms with Gasteiger partial charge in [-0.25, -0.2) is 4.39 Å². The van der Waals surface area contributed by atoms with Crippen molar-refractivity contribution >= 4 is 12.4 Å². The smallest absolute Gasteiger partial charge is 0.123 e. The summed E-state index contributed by atoms with van der Waals surface area (Å²) in [6, 6.07) is 6.83. The van der Waals surface area contributed by atoms with Gasteiger partial charge in [0.05, 0.1) is 0 Å². The van der Waals surface area contributed by atoms with E-state index in [0.29, 0.717) is 0 Å². The van der Waals surface area contributed by atoms with Crippen LogP contribution in [0.4, 0.5) is 4.39 Å². The van der Waals surface area contributed by atoms with Gasteiger partial charge in [0.2, 0.25) is 0 Å². The van der Waals surface area contributed by atoms with Crippen molar-refractivity contribution in [3.05, 3.63) is 35.6 Å². The predicted molar refractivity (Wildman–Crippen MR) is 75.6 cm³/mol. The van der Waals surface area contributed by atoms with Gasteiger partial charge < -0.3 is 10.6 Å². The highest BCUT2D eigenvalue weighted by Gasteiger charge is 2.17. The first kappa shape index (κ1) is 15.4. The van der Waals surface area contributed by atoms with Crippen LogP contribution in [0, 0.1) is 11.7 Å². The molecular formula is C14H22ClFN2. The molecule has 1 heterocycles. The molecule has 2 nitrogen and oxygen atoms in total. The fourth-order valence-electron chi connectivity index (χ4n) is 2.38. The lowest BCUT2D eigenvalue weighted by Crippen LogP contribution is -2.37. The first-order valence-corrected chi connectivity index (χ1v) is 6.45. The molecule has 0 radical (unpaired) electrons. The Kier molecular flexibility index (Phi) is 6.61. The lowest BCUT2D eigenvalue weighted by Gasteiger charge is -2.31. The maximum atomic E-state index is 12.7. The normalized spacial score (nSPS) is 17.4. The zero-order valence-corrected chi connectivity index (χ0v) is 11.5. The summed E-state index contributed by atoms with van der Waals surface area (Å²) in [6.07, 6.45) is 3.45. The second-order valence-corrected chi connectivity index (χ2v) is 4.90. The lowest BCUT2D eigenvalue weighted by molar-refractivity contribution is 0.189. The summed E-state index contributed by atoms with van der Waals surface area (Å²) in [5.41, 5.74) is 6.89. The summed E-state index contributed by atoms with van der Waals surface area (Å²) in [5.74, 6) is 0.564. The minimum Gasteiger partial charge on any atom is -0.330 e. The van der Waals surface area contributed by atoms with E-state index in [9.17, 15) is 4.39 Å². The molecule has 18 heavy (non-hydrogen) atoms. The Bertz CT molecular complexity index is 334. The highest BCUT2D eigenvalue weighted by molar-refractivity contribution is 5.85. The largest absolute Gasteiger partial charge is 0.330 e. The fraction of sp³-hybridized carbons (Fsp3) is 0.571. The molecule has 4 heteroatoms. The average Bonchev–Trinajstić information content (AvgIpc) is 2.39. The molecule has 0 aromatic heterocycles. The quantitative estimate of drug-likeness (QED) is 0.912. The Morgan fingerprint density at radius 3 is 2.33 bits per heavy atom. The molecule has 1 aromatic carbocycles. The summed E-state index contributed by atoms with van der Waals surface area (Å²) in [4.78, 5) is 2.48. The summed E-state index contributed by atoms with van der Waals surface area (Å²) in [7, 11) is 0. The van der Waals surface area contributed by atoms with Crippen molar-refractivity contribution in [2.45, 2.75) is 19.3 Å². The molecule has 0 saturated carbocycles. The van der Waals surface area contributed by atoms with Gasteiger partial charge in [0, 0.05) is 6.54 Å². The standard InChI is InChI=1S/C14H21FN2.ClH/c15-14-3-1-12(2-4-14)5-8-17-9-6-13(11-16)7-10-17;/h1-4,13H,5-11,16H2;1H. The molecule has 2 rings (SSSR count). The van der Waals surface area contributed by atoms with Gasteiger partial charge >= 0.3 is 0 Å². The number of hydrogen-bond acceptors (Lipinski definition) is 2. The van der Waals surface area contributed by atoms with Crippen molar-refractivity contribution in [2.24, 2.45) is 11.7 Å². The van der Waals surface area contributed by atoms with Gasteiger partial charge in [-0.2, -0.15) is 0 Å². The Morgan fingerprint density at radius 1 is 1.17 bits per heavy atom. The fourth-order valence-corrected chi connectivity index (χ4v) is 2.38. The number of rotatable bonds is 4. The van der Waals surface area contributed by atoms with Crippen LogP contribution in [0.25, 0.3) is 0 Å². The second kappa shape index (κ2) is 7.72. The Morgan fingerprint density at radius 2 is 1.78 bits per heavy atom. The molecule has 0 amide bonds. The van der Waals surface area contributed by atoms with Crippen molar-refractivity contribution in [2.75, 3.05) is 26.2 Å². The third kappa shape index (κ3) is 4.56. The van der Waals surface area contributed by atoms with Gasteiger partial charge in [-0.05, 0) is 62.5 Å². The van der Waals surface area contributed by atoms with Crippen LogP contribution in [-0.2, 0) is 6.42 Å². The molecule has 1 fully saturated rings. The average molecular weight is 273 g/mol. The molecule has 0 aliphatic carbocycles. The highest BCUT2D eigenvalue weighted by Crippen LogP contribution is 2.16. The first-order chi connectivity index (χ1) is 8.28. The van der Waals surface area contributed by atoms with Gasteiger partial charge in [-0.15, -0.1) is 12.4 Å². The number of piperidine rings is 1. The zero-order chi connectivity index (χ0) is 12.1. The van der Waals surface area contributed by atoms with E-state index in [2.05, 4.69) is 4.90 Å². The highest BCUT2D eigenvalue weighted by atomic mass is 35.5. The number of likely N-dealkylation sites (tertiary alicyclic amines) is 1. The zero-order valence-electron chi connectivity index (χ0n) is 10.6. The van der Waals surface area contributed by atoms with Crippen LogP contribution in [0.3, 0.4) is 0 Å².